The minimum Gasteiger partial charge on any atom is -0.497 e. The van der Waals surface area contributed by atoms with Crippen LogP contribution in [0.5, 0.6) is 5.75 Å². The number of Topliss-reactive ketones (excluding diaryl/α,β-unsaturated/α-hetero) is 3. The van der Waals surface area contributed by atoms with E-state index in [2.05, 4.69) is 0 Å². The quantitative estimate of drug-likeness (QED) is 0.370. The Morgan fingerprint density at radius 1 is 0.947 bits per heavy atom. The fraction of sp³-hybridized carbons (Fsp3) is 0.281. The molecule has 2 heterocycles. The van der Waals surface area contributed by atoms with Crippen LogP contribution in [-0.4, -0.2) is 36.5 Å². The summed E-state index contributed by atoms with van der Waals surface area (Å²) in [6.07, 6.45) is 3.83. The van der Waals surface area contributed by atoms with Crippen molar-refractivity contribution in [3.8, 4) is 5.75 Å². The van der Waals surface area contributed by atoms with E-state index in [4.69, 9.17) is 16.3 Å². The van der Waals surface area contributed by atoms with Crippen LogP contribution >= 0.6 is 11.6 Å². The molecule has 3 atom stereocenters. The number of ether oxygens (including phenoxy) is 1. The average molecular weight is 526 g/mol. The van der Waals surface area contributed by atoms with Crippen molar-refractivity contribution in [2.24, 2.45) is 10.8 Å². The highest BCUT2D eigenvalue weighted by molar-refractivity contribution is 6.32. The molecule has 0 N–H and O–H groups in total. The standard InChI is InChI=1S/C32H28ClNO4/c1-31(2,3)30(37)27-26(18-9-13-21(38-4)14-10-18)32(28(35)22-7-5-6-8-23(22)29(32)36)25-16-11-19-17-20(33)12-15-24(19)34(25)27/h5-17,25-27H,1-4H3/t25-,26-,27+/m0/s1. The highest BCUT2D eigenvalue weighted by Crippen LogP contribution is 2.61. The summed E-state index contributed by atoms with van der Waals surface area (Å²) in [7, 11) is 1.59. The molecule has 38 heavy (non-hydrogen) atoms. The monoisotopic (exact) mass is 525 g/mol. The Hall–Kier alpha value is -3.70. The second kappa shape index (κ2) is 8.40. The average Bonchev–Trinajstić information content (AvgIpc) is 3.33. The van der Waals surface area contributed by atoms with E-state index in [1.807, 2.05) is 74.2 Å². The molecule has 3 aromatic carbocycles. The lowest BCUT2D eigenvalue weighted by molar-refractivity contribution is -0.127. The SMILES string of the molecule is COc1ccc([C@H]2[C@H](C(=O)C(C)(C)C)N3c4ccc(Cl)cc4C=C[C@H]3C23C(=O)c2ccccc2C3=O)cc1. The summed E-state index contributed by atoms with van der Waals surface area (Å²) < 4.78 is 5.39. The van der Waals surface area contributed by atoms with Crippen molar-refractivity contribution in [2.75, 3.05) is 12.0 Å². The number of rotatable bonds is 3. The van der Waals surface area contributed by atoms with Gasteiger partial charge in [0.05, 0.1) is 19.2 Å². The molecular formula is C32H28ClNO4. The molecule has 1 fully saturated rings. The Morgan fingerprint density at radius 3 is 2.16 bits per heavy atom. The van der Waals surface area contributed by atoms with Crippen LogP contribution in [0.25, 0.3) is 6.08 Å². The Bertz CT molecular complexity index is 1500. The molecule has 0 bridgehead atoms. The van der Waals surface area contributed by atoms with E-state index >= 15 is 0 Å². The van der Waals surface area contributed by atoms with Crippen LogP contribution in [0.15, 0.2) is 72.8 Å². The molecule has 5 nitrogen and oxygen atoms in total. The third kappa shape index (κ3) is 3.21. The first-order chi connectivity index (χ1) is 18.1. The van der Waals surface area contributed by atoms with Crippen LogP contribution < -0.4 is 9.64 Å². The topological polar surface area (TPSA) is 63.7 Å². The van der Waals surface area contributed by atoms with Gasteiger partial charge in [-0.25, -0.2) is 0 Å². The van der Waals surface area contributed by atoms with Crippen LogP contribution in [0.3, 0.4) is 0 Å². The molecule has 6 heteroatoms. The zero-order chi connectivity index (χ0) is 27.0. The van der Waals surface area contributed by atoms with Crippen molar-refractivity contribution in [2.45, 2.75) is 38.8 Å². The molecule has 3 aliphatic rings. The van der Waals surface area contributed by atoms with Gasteiger partial charge in [-0.1, -0.05) is 80.9 Å². The third-order valence-electron chi connectivity index (χ3n) is 8.25. The van der Waals surface area contributed by atoms with Crippen molar-refractivity contribution in [3.63, 3.8) is 0 Å². The number of carbonyl (C=O) groups is 3. The minimum atomic E-state index is -1.50. The molecule has 0 aromatic heterocycles. The van der Waals surface area contributed by atoms with Gasteiger partial charge in [0.25, 0.3) is 0 Å². The predicted molar refractivity (Wildman–Crippen MR) is 148 cm³/mol. The minimum absolute atomic E-state index is 0.0343. The zero-order valence-electron chi connectivity index (χ0n) is 21.7. The molecule has 2 aliphatic heterocycles. The van der Waals surface area contributed by atoms with E-state index in [0.29, 0.717) is 21.9 Å². The maximum atomic E-state index is 14.5. The lowest BCUT2D eigenvalue weighted by atomic mass is 9.63. The highest BCUT2D eigenvalue weighted by Gasteiger charge is 2.71. The Labute approximate surface area is 227 Å². The van der Waals surface area contributed by atoms with E-state index in [1.165, 1.54) is 0 Å². The van der Waals surface area contributed by atoms with Crippen molar-refractivity contribution < 1.29 is 19.1 Å². The number of fused-ring (bicyclic) bond motifs is 5. The number of methoxy groups -OCH3 is 1. The van der Waals surface area contributed by atoms with Gasteiger partial charge in [-0.3, -0.25) is 14.4 Å². The highest BCUT2D eigenvalue weighted by atomic mass is 35.5. The van der Waals surface area contributed by atoms with Crippen molar-refractivity contribution in [1.82, 2.24) is 0 Å². The Balaban J connectivity index is 1.69. The summed E-state index contributed by atoms with van der Waals surface area (Å²) in [5.41, 5.74) is 0.985. The molecule has 3 aromatic rings. The van der Waals surface area contributed by atoms with Crippen molar-refractivity contribution >= 4 is 40.7 Å². The van der Waals surface area contributed by atoms with Gasteiger partial charge in [-0.2, -0.15) is 0 Å². The van der Waals surface area contributed by atoms with Gasteiger partial charge in [0.1, 0.15) is 11.2 Å². The van der Waals surface area contributed by atoms with Crippen LogP contribution in [0.4, 0.5) is 5.69 Å². The lowest BCUT2D eigenvalue weighted by Gasteiger charge is -2.38. The zero-order valence-corrected chi connectivity index (χ0v) is 22.5. The number of anilines is 1. The predicted octanol–water partition coefficient (Wildman–Crippen LogP) is 6.40. The van der Waals surface area contributed by atoms with E-state index in [0.717, 1.165) is 16.8 Å². The van der Waals surface area contributed by atoms with Gasteiger partial charge in [-0.05, 0) is 41.5 Å². The second-order valence-electron chi connectivity index (χ2n) is 11.3. The van der Waals surface area contributed by atoms with E-state index in [-0.39, 0.29) is 17.3 Å². The van der Waals surface area contributed by atoms with Crippen molar-refractivity contribution in [1.29, 1.82) is 0 Å². The van der Waals surface area contributed by atoms with Crippen molar-refractivity contribution in [3.05, 3.63) is 100 Å². The number of hydrogen-bond donors (Lipinski definition) is 0. The molecule has 192 valence electrons. The van der Waals surface area contributed by atoms with Crippen LogP contribution in [0.1, 0.15) is 58.5 Å². The summed E-state index contributed by atoms with van der Waals surface area (Å²) in [5, 5.41) is 0.576. The lowest BCUT2D eigenvalue weighted by Crippen LogP contribution is -2.49. The summed E-state index contributed by atoms with van der Waals surface area (Å²) in [4.78, 5) is 45.5. The first kappa shape index (κ1) is 24.6. The van der Waals surface area contributed by atoms with Crippen LogP contribution in [0, 0.1) is 10.8 Å². The summed E-state index contributed by atoms with van der Waals surface area (Å²) in [6.45, 7) is 5.65. The van der Waals surface area contributed by atoms with E-state index in [1.54, 1.807) is 37.4 Å². The molecule has 0 unspecified atom stereocenters. The molecule has 1 spiro atoms. The normalized spacial score (nSPS) is 22.9. The Morgan fingerprint density at radius 2 is 1.58 bits per heavy atom. The third-order valence-corrected chi connectivity index (χ3v) is 8.48. The summed E-state index contributed by atoms with van der Waals surface area (Å²) >= 11 is 6.33. The second-order valence-corrected chi connectivity index (χ2v) is 11.7. The van der Waals surface area contributed by atoms with Gasteiger partial charge in [0.2, 0.25) is 0 Å². The number of benzene rings is 3. The first-order valence-electron chi connectivity index (χ1n) is 12.7. The summed E-state index contributed by atoms with van der Waals surface area (Å²) in [5.74, 6) is -0.568. The first-order valence-corrected chi connectivity index (χ1v) is 13.1. The molecule has 1 aliphatic carbocycles. The number of ketones is 3. The molecule has 0 saturated carbocycles. The smallest absolute Gasteiger partial charge is 0.180 e. The summed E-state index contributed by atoms with van der Waals surface area (Å²) in [6, 6.07) is 18.5. The Kier molecular flexibility index (Phi) is 5.45. The van der Waals surface area contributed by atoms with E-state index in [9.17, 15) is 14.4 Å². The number of hydrogen-bond acceptors (Lipinski definition) is 5. The number of nitrogens with zero attached hydrogens (tertiary/aromatic N) is 1. The largest absolute Gasteiger partial charge is 0.497 e. The fourth-order valence-electron chi connectivity index (χ4n) is 6.58. The molecule has 6 rings (SSSR count). The molecule has 0 amide bonds. The number of halogens is 1. The molecular weight excluding hydrogens is 498 g/mol. The maximum Gasteiger partial charge on any atom is 0.180 e. The number of carbonyl (C=O) groups excluding carboxylic acids is 3. The van der Waals surface area contributed by atoms with Gasteiger partial charge in [0, 0.05) is 33.2 Å². The maximum absolute atomic E-state index is 14.5. The fourth-order valence-corrected chi connectivity index (χ4v) is 6.76. The van der Waals surface area contributed by atoms with Gasteiger partial charge in [-0.15, -0.1) is 0 Å². The molecule has 1 saturated heterocycles. The molecule has 0 radical (unpaired) electrons. The van der Waals surface area contributed by atoms with Gasteiger partial charge >= 0.3 is 0 Å². The van der Waals surface area contributed by atoms with Crippen LogP contribution in [0.2, 0.25) is 5.02 Å². The van der Waals surface area contributed by atoms with Gasteiger partial charge < -0.3 is 9.64 Å². The van der Waals surface area contributed by atoms with Crippen LogP contribution in [-0.2, 0) is 4.79 Å². The van der Waals surface area contributed by atoms with E-state index < -0.39 is 28.8 Å². The van der Waals surface area contributed by atoms with Gasteiger partial charge in [0.15, 0.2) is 17.3 Å².